The van der Waals surface area contributed by atoms with Gasteiger partial charge in [-0.1, -0.05) is 18.1 Å². The number of aryl methyl sites for hydroxylation is 2. The van der Waals surface area contributed by atoms with Crippen molar-refractivity contribution in [2.24, 2.45) is 5.92 Å². The lowest BCUT2D eigenvalue weighted by Gasteiger charge is -2.34. The van der Waals surface area contributed by atoms with Gasteiger partial charge in [-0.05, 0) is 124 Å². The Balaban J connectivity index is 1.04. The molecule has 2 fully saturated rings. The van der Waals surface area contributed by atoms with Gasteiger partial charge < -0.3 is 18.9 Å². The maximum atomic E-state index is 15.5. The molecule has 1 N–H and O–H groups in total. The average molecular weight is 895 g/mol. The number of methoxy groups -OCH3 is 1. The summed E-state index contributed by atoms with van der Waals surface area (Å²) in [6, 6.07) is 17.0. The van der Waals surface area contributed by atoms with Crippen molar-refractivity contribution in [1.29, 1.82) is 0 Å². The van der Waals surface area contributed by atoms with Crippen LogP contribution in [0.2, 0.25) is 0 Å². The highest BCUT2D eigenvalue weighted by Gasteiger charge is 2.59. The molecule has 3 aliphatic rings. The lowest BCUT2D eigenvalue weighted by molar-refractivity contribution is 0.0186. The molecule has 5 aromatic heterocycles. The Bertz CT molecular complexity index is 3320. The smallest absolute Gasteiger partial charge is 0.383 e. The van der Waals surface area contributed by atoms with Crippen molar-refractivity contribution in [2.45, 2.75) is 90.4 Å². The zero-order valence-electron chi connectivity index (χ0n) is 37.7. The fourth-order valence-electron chi connectivity index (χ4n) is 10.8. The van der Waals surface area contributed by atoms with Gasteiger partial charge in [-0.2, -0.15) is 10.2 Å². The normalized spacial score (nSPS) is 21.8. The number of carbonyl (C=O) groups is 1. The molecular formula is C49H51FN10O6. The van der Waals surface area contributed by atoms with Crippen LogP contribution in [0.4, 0.5) is 4.39 Å². The first-order valence-corrected chi connectivity index (χ1v) is 22.6. The summed E-state index contributed by atoms with van der Waals surface area (Å²) in [7, 11) is 1.65. The molecule has 8 aromatic rings. The zero-order chi connectivity index (χ0) is 45.8. The van der Waals surface area contributed by atoms with Crippen LogP contribution in [0.15, 0.2) is 87.3 Å². The summed E-state index contributed by atoms with van der Waals surface area (Å²) in [5.41, 5.74) is 5.80. The van der Waals surface area contributed by atoms with Crippen molar-refractivity contribution in [3.8, 4) is 17.2 Å². The first-order chi connectivity index (χ1) is 31.9. The van der Waals surface area contributed by atoms with E-state index in [1.54, 1.807) is 65.5 Å². The molecule has 1 aliphatic carbocycles. The van der Waals surface area contributed by atoms with Gasteiger partial charge in [0.25, 0.3) is 5.91 Å². The van der Waals surface area contributed by atoms with Crippen molar-refractivity contribution in [1.82, 2.24) is 48.3 Å². The van der Waals surface area contributed by atoms with Gasteiger partial charge in [-0.15, -0.1) is 0 Å². The highest BCUT2D eigenvalue weighted by atomic mass is 19.1. The highest BCUT2D eigenvalue weighted by molar-refractivity contribution is 6.00. The number of hydrogen-bond donors (Lipinski definition) is 1. The Kier molecular flexibility index (Phi) is 9.92. The monoisotopic (exact) mass is 894 g/mol. The molecular weight excluding hydrogens is 844 g/mol. The molecule has 1 saturated heterocycles. The van der Waals surface area contributed by atoms with Gasteiger partial charge in [0, 0.05) is 60.9 Å². The number of halogens is 1. The first-order valence-electron chi connectivity index (χ1n) is 22.6. The highest BCUT2D eigenvalue weighted by Crippen LogP contribution is 2.56. The number of nitrogens with one attached hydrogen (secondary N) is 1. The van der Waals surface area contributed by atoms with Gasteiger partial charge >= 0.3 is 11.4 Å². The molecule has 3 aromatic carbocycles. The molecule has 16 nitrogen and oxygen atoms in total. The van der Waals surface area contributed by atoms with Gasteiger partial charge in [-0.25, -0.2) is 18.7 Å². The van der Waals surface area contributed by atoms with E-state index in [2.05, 4.69) is 51.9 Å². The summed E-state index contributed by atoms with van der Waals surface area (Å²) < 4.78 is 40.1. The third-order valence-corrected chi connectivity index (χ3v) is 14.3. The lowest BCUT2D eigenvalue weighted by Crippen LogP contribution is -2.41. The minimum absolute atomic E-state index is 0.0257. The van der Waals surface area contributed by atoms with E-state index in [0.717, 1.165) is 40.3 Å². The zero-order valence-corrected chi connectivity index (χ0v) is 37.7. The Morgan fingerprint density at radius 3 is 2.47 bits per heavy atom. The van der Waals surface area contributed by atoms with E-state index >= 15 is 9.18 Å². The Hall–Kier alpha value is -6.85. The van der Waals surface area contributed by atoms with Crippen LogP contribution in [-0.4, -0.2) is 87.2 Å². The van der Waals surface area contributed by atoms with Crippen LogP contribution in [0.3, 0.4) is 0 Å². The van der Waals surface area contributed by atoms with E-state index in [1.807, 2.05) is 40.8 Å². The van der Waals surface area contributed by atoms with Crippen molar-refractivity contribution in [3.63, 3.8) is 0 Å². The number of nitrogens with zero attached hydrogens (tertiary/aromatic N) is 9. The third-order valence-electron chi connectivity index (χ3n) is 14.3. The number of H-pyrrole nitrogens is 1. The number of hydrogen-bond acceptors (Lipinski definition) is 9. The Morgan fingerprint density at radius 2 is 1.74 bits per heavy atom. The van der Waals surface area contributed by atoms with Crippen LogP contribution >= 0.6 is 0 Å². The van der Waals surface area contributed by atoms with E-state index in [9.17, 15) is 9.59 Å². The van der Waals surface area contributed by atoms with Crippen LogP contribution < -0.4 is 11.4 Å². The summed E-state index contributed by atoms with van der Waals surface area (Å²) >= 11 is 0. The molecule has 0 unspecified atom stereocenters. The van der Waals surface area contributed by atoms with Crippen LogP contribution in [-0.2, 0) is 28.0 Å². The second-order valence-electron chi connectivity index (χ2n) is 18.4. The molecule has 2 aliphatic heterocycles. The first kappa shape index (κ1) is 41.8. The summed E-state index contributed by atoms with van der Waals surface area (Å²) in [6.07, 6.45) is 8.20. The standard InChI is InChI=1S/C49H51FN10O6/c1-27-19-37(20-28(2)43(27)50)60-44(57-15-14-56(48(57)63)36-8-10-39-35(23-36)26-51-58(39)16-18-64-6)42-31(5)55(13-11-38(42)53-60)45(61)41-24-34-22-32(33-12-17-65-30(4)21-33)7-9-40(34)59(41)49(25-29(49)3)46-52-47(62)66-54-46/h7-10,14-15,19-20,22-24,26,29-31,33H,11-13,16-18,21,25H2,1-6H3,(H,52,54,62)/t29-,30-,31-,33-,49-/m0/s1. The predicted octanol–water partition coefficient (Wildman–Crippen LogP) is 7.02. The van der Waals surface area contributed by atoms with Gasteiger partial charge in [0.2, 0.25) is 0 Å². The van der Waals surface area contributed by atoms with Crippen molar-refractivity contribution in [3.05, 3.63) is 140 Å². The van der Waals surface area contributed by atoms with Crippen molar-refractivity contribution >= 4 is 27.7 Å². The fraction of sp³-hybridized carbons (Fsp3) is 0.388. The van der Waals surface area contributed by atoms with Gasteiger partial charge in [0.05, 0.1) is 54.1 Å². The van der Waals surface area contributed by atoms with E-state index in [0.29, 0.717) is 90.5 Å². The third kappa shape index (κ3) is 6.53. The molecule has 11 rings (SSSR count). The molecule has 340 valence electrons. The van der Waals surface area contributed by atoms with Crippen LogP contribution in [0, 0.1) is 25.6 Å². The number of rotatable bonds is 10. The molecule has 66 heavy (non-hydrogen) atoms. The number of carbonyl (C=O) groups excluding carboxylic acids is 1. The van der Waals surface area contributed by atoms with Crippen LogP contribution in [0.25, 0.3) is 39.0 Å². The van der Waals surface area contributed by atoms with Gasteiger partial charge in [-0.3, -0.25) is 28.1 Å². The second kappa shape index (κ2) is 15.7. The van der Waals surface area contributed by atoms with Gasteiger partial charge in [0.15, 0.2) is 5.82 Å². The predicted molar refractivity (Wildman–Crippen MR) is 244 cm³/mol. The molecule has 1 saturated carbocycles. The lowest BCUT2D eigenvalue weighted by atomic mass is 9.88. The number of fused-ring (bicyclic) bond motifs is 3. The number of aromatic amines is 1. The largest absolute Gasteiger partial charge is 0.438 e. The van der Waals surface area contributed by atoms with Crippen LogP contribution in [0.5, 0.6) is 0 Å². The van der Waals surface area contributed by atoms with Crippen LogP contribution in [0.1, 0.15) is 96.3 Å². The molecule has 17 heteroatoms. The Labute approximate surface area is 378 Å². The average Bonchev–Trinajstić information content (AvgIpc) is 3.95. The number of amides is 1. The maximum absolute atomic E-state index is 15.5. The number of imidazole rings is 1. The summed E-state index contributed by atoms with van der Waals surface area (Å²) in [5, 5.41) is 15.6. The molecule has 0 spiro atoms. The molecule has 5 atom stereocenters. The topological polar surface area (TPSA) is 165 Å². The fourth-order valence-corrected chi connectivity index (χ4v) is 10.8. The van der Waals surface area contributed by atoms with E-state index in [-0.39, 0.29) is 29.4 Å². The van der Waals surface area contributed by atoms with Gasteiger partial charge in [0.1, 0.15) is 22.9 Å². The van der Waals surface area contributed by atoms with Crippen molar-refractivity contribution in [2.75, 3.05) is 26.9 Å². The molecule has 7 heterocycles. The van der Waals surface area contributed by atoms with E-state index in [4.69, 9.17) is 19.1 Å². The molecule has 0 radical (unpaired) electrons. The number of benzene rings is 3. The maximum Gasteiger partial charge on any atom is 0.438 e. The Morgan fingerprint density at radius 1 is 0.970 bits per heavy atom. The number of aromatic nitrogens is 9. The number of ether oxygens (including phenoxy) is 2. The summed E-state index contributed by atoms with van der Waals surface area (Å²) in [6.45, 7) is 11.7. The minimum Gasteiger partial charge on any atom is -0.383 e. The SMILES string of the molecule is COCCn1ncc2cc(-n3ccn(-c4c5c(nn4-c4cc(C)c(F)c(C)c4)CCN(C(=O)c4cc6cc([C@H]7CCO[C@@H](C)C7)ccc6n4[C@@]4(c6noc(=O)[nH]6)C[C@@H]4C)[C@H]5C)c3=O)ccc21. The van der Waals surface area contributed by atoms with E-state index in [1.165, 1.54) is 5.56 Å². The molecule has 0 bridgehead atoms. The second-order valence-corrected chi connectivity index (χ2v) is 18.4. The molecule has 1 amide bonds. The van der Waals surface area contributed by atoms with Crippen molar-refractivity contribution < 1.29 is 23.2 Å². The van der Waals surface area contributed by atoms with E-state index < -0.39 is 17.3 Å². The summed E-state index contributed by atoms with van der Waals surface area (Å²) in [4.78, 5) is 47.4. The quantitative estimate of drug-likeness (QED) is 0.152. The minimum atomic E-state index is -0.825. The summed E-state index contributed by atoms with van der Waals surface area (Å²) in [5.74, 6) is -0.00865.